The third-order valence-corrected chi connectivity index (χ3v) is 18.8. The largest absolute Gasteiger partial charge is 0.390 e. The van der Waals surface area contributed by atoms with Crippen LogP contribution in [0.3, 0.4) is 0 Å². The maximum atomic E-state index is 15.4. The number of likely N-dealkylation sites (N-methyl/N-ethyl adjacent to an activating group) is 7. The number of hydrogen-bond acceptors (Lipinski definition) is 13. The van der Waals surface area contributed by atoms with Gasteiger partial charge in [0.15, 0.2) is 17.3 Å². The third-order valence-electron chi connectivity index (χ3n) is 18.8. The lowest BCUT2D eigenvalue weighted by molar-refractivity contribution is -0.157. The van der Waals surface area contributed by atoms with Gasteiger partial charge in [0, 0.05) is 106 Å². The van der Waals surface area contributed by atoms with E-state index in [2.05, 4.69) is 5.32 Å². The number of carbonyl (C=O) groups excluding carboxylic acids is 12. The number of nitrogens with one attached hydrogen (secondary N) is 1. The zero-order valence-corrected chi connectivity index (χ0v) is 60.9. The van der Waals surface area contributed by atoms with E-state index in [0.29, 0.717) is 19.5 Å². The molecule has 1 saturated heterocycles. The first-order chi connectivity index (χ1) is 42.0. The van der Waals surface area contributed by atoms with E-state index in [1.807, 2.05) is 55.4 Å². The first-order valence-corrected chi connectivity index (χ1v) is 33.7. The van der Waals surface area contributed by atoms with E-state index in [9.17, 15) is 48.3 Å². The quantitative estimate of drug-likeness (QED) is 0.147. The van der Waals surface area contributed by atoms with Gasteiger partial charge in [0.2, 0.25) is 53.2 Å². The highest BCUT2D eigenvalue weighted by Gasteiger charge is 2.46. The van der Waals surface area contributed by atoms with Crippen LogP contribution in [0.4, 0.5) is 0 Å². The molecule has 0 aliphatic carbocycles. The van der Waals surface area contributed by atoms with E-state index in [1.54, 1.807) is 67.2 Å². The molecule has 1 aliphatic heterocycles. The molecule has 0 aromatic rings. The molecule has 0 bridgehead atoms. The normalized spacial score (nSPS) is 26.8. The van der Waals surface area contributed by atoms with Crippen LogP contribution in [0.2, 0.25) is 0 Å². The molecule has 0 aromatic heterocycles. The van der Waals surface area contributed by atoms with E-state index >= 15 is 14.4 Å². The molecule has 0 saturated carbocycles. The molecule has 1 unspecified atom stereocenters. The summed E-state index contributed by atoms with van der Waals surface area (Å²) in [6.45, 7) is 34.7. The second kappa shape index (κ2) is 37.8. The van der Waals surface area contributed by atoms with E-state index in [4.69, 9.17) is 0 Å². The molecular weight excluding hydrogens is 1160 g/mol. The SMILES string of the molecule is CC[C@H]1CC(=O)[C@@H]([C@H](O)[C@H](C)CCCC(=O)N(CC)CC)N(C)C(=O)[C@@H](C(C)C)N(C)C(=O)[C@@H](CC(C)C)N(C)C(=O)C(C(C)C)N(C)C(=O)[C@H](C)NC(=O)[C@@H](C)CC(=O)[C@@H](CC(C)C)N(C)C(=O)[C@@H](C(C)C)CC(=O)[C@H](CC(C)C)N(C)C(=O)[C@@H](C)N(C)C1=O. The van der Waals surface area contributed by atoms with Crippen molar-refractivity contribution in [1.29, 1.82) is 0 Å². The van der Waals surface area contributed by atoms with E-state index in [1.165, 1.54) is 92.6 Å². The molecule has 0 spiro atoms. The molecule has 1 aliphatic rings. The molecule has 0 radical (unpaired) electrons. The van der Waals surface area contributed by atoms with Gasteiger partial charge in [0.05, 0.1) is 18.2 Å². The van der Waals surface area contributed by atoms with Gasteiger partial charge in [-0.2, -0.15) is 0 Å². The number of carbonyl (C=O) groups is 12. The van der Waals surface area contributed by atoms with Gasteiger partial charge < -0.3 is 49.6 Å². The van der Waals surface area contributed by atoms with Crippen LogP contribution in [-0.4, -0.2) is 232 Å². The maximum Gasteiger partial charge on any atom is 0.246 e. The molecule has 1 fully saturated rings. The summed E-state index contributed by atoms with van der Waals surface area (Å²) in [5.74, 6) is -11.8. The van der Waals surface area contributed by atoms with Gasteiger partial charge in [-0.15, -0.1) is 0 Å². The standard InChI is InChI=1S/C69H123N9O13/c1-27-49-37-56(81)60(61(83)45(16)31-30-32-57(82)78(28-2)29-3)77(26)69(91)59(44(14)15)76(25)67(89)53(35-41(8)9)74(23)68(90)58(43(12)13)75(24)63(85)47(18)70-62(84)46(17)36-54(79)51(33-39(4)5)73(22)66(88)50(42(10)11)38-55(80)52(34-40(6)7)72(21)64(86)48(19)71(20)65(49)87/h39-53,58-61,83H,27-38H2,1-26H3,(H,70,84)/t45-,46+,47+,48-,49+,50-,51-,52+,53-,58?,59-,60+,61-/m1/s1. The van der Waals surface area contributed by atoms with E-state index < -0.39 is 167 Å². The Labute approximate surface area is 547 Å². The molecule has 0 aromatic carbocycles. The first kappa shape index (κ1) is 83.2. The van der Waals surface area contributed by atoms with Gasteiger partial charge in [-0.25, -0.2) is 0 Å². The van der Waals surface area contributed by atoms with Crippen LogP contribution in [0, 0.1) is 59.2 Å². The first-order valence-electron chi connectivity index (χ1n) is 33.7. The Bertz CT molecular complexity index is 2480. The van der Waals surface area contributed by atoms with Crippen molar-refractivity contribution in [2.24, 2.45) is 59.2 Å². The lowest BCUT2D eigenvalue weighted by atomic mass is 9.84. The van der Waals surface area contributed by atoms with Crippen molar-refractivity contribution in [2.75, 3.05) is 62.4 Å². The third kappa shape index (κ3) is 22.7. The van der Waals surface area contributed by atoms with Crippen molar-refractivity contribution >= 4 is 70.5 Å². The van der Waals surface area contributed by atoms with Gasteiger partial charge in [-0.1, -0.05) is 104 Å². The summed E-state index contributed by atoms with van der Waals surface area (Å²) in [5, 5.41) is 15.2. The Morgan fingerprint density at radius 1 is 0.484 bits per heavy atom. The van der Waals surface area contributed by atoms with Crippen LogP contribution in [0.1, 0.15) is 196 Å². The smallest absolute Gasteiger partial charge is 0.246 e. The molecular formula is C69H123N9O13. The molecule has 1 rings (SSSR count). The Hall–Kier alpha value is -5.80. The number of hydrogen-bond donors (Lipinski definition) is 2. The molecule has 1 heterocycles. The van der Waals surface area contributed by atoms with Crippen LogP contribution >= 0.6 is 0 Å². The lowest BCUT2D eigenvalue weighted by Crippen LogP contribution is -2.62. The van der Waals surface area contributed by atoms with E-state index in [0.717, 1.165) is 4.90 Å². The van der Waals surface area contributed by atoms with Gasteiger partial charge in [-0.05, 0) is 108 Å². The fraction of sp³-hybridized carbons (Fsp3) is 0.826. The van der Waals surface area contributed by atoms with Crippen molar-refractivity contribution in [3.8, 4) is 0 Å². The molecule has 22 heteroatoms. The molecule has 2 N–H and O–H groups in total. The minimum absolute atomic E-state index is 0.0675. The summed E-state index contributed by atoms with van der Waals surface area (Å²) in [6.07, 6.45) is -1.04. The Kier molecular flexibility index (Phi) is 34.6. The fourth-order valence-corrected chi connectivity index (χ4v) is 12.7. The summed E-state index contributed by atoms with van der Waals surface area (Å²) in [6, 6.07) is -9.54. The summed E-state index contributed by atoms with van der Waals surface area (Å²) in [7, 11) is 10.2. The molecule has 13 atom stereocenters. The highest BCUT2D eigenvalue weighted by Crippen LogP contribution is 2.30. The minimum atomic E-state index is -1.57. The van der Waals surface area contributed by atoms with Crippen LogP contribution in [-0.2, 0) is 57.5 Å². The predicted octanol–water partition coefficient (Wildman–Crippen LogP) is 6.61. The number of aliphatic hydroxyl groups excluding tert-OH is 1. The van der Waals surface area contributed by atoms with Gasteiger partial charge in [-0.3, -0.25) is 57.5 Å². The maximum absolute atomic E-state index is 15.4. The number of rotatable bonds is 18. The summed E-state index contributed by atoms with van der Waals surface area (Å²) in [4.78, 5) is 186. The van der Waals surface area contributed by atoms with Crippen molar-refractivity contribution in [1.82, 2.24) is 44.5 Å². The van der Waals surface area contributed by atoms with Crippen LogP contribution < -0.4 is 5.32 Å². The summed E-state index contributed by atoms with van der Waals surface area (Å²) < 4.78 is 0. The highest BCUT2D eigenvalue weighted by atomic mass is 16.3. The van der Waals surface area contributed by atoms with Crippen molar-refractivity contribution in [2.45, 2.75) is 250 Å². The zero-order chi connectivity index (χ0) is 70.7. The average Bonchev–Trinajstić information content (AvgIpc) is 0.946. The van der Waals surface area contributed by atoms with Crippen molar-refractivity contribution in [3.05, 3.63) is 0 Å². The number of nitrogens with zero attached hydrogens (tertiary/aromatic N) is 8. The predicted molar refractivity (Wildman–Crippen MR) is 354 cm³/mol. The van der Waals surface area contributed by atoms with Gasteiger partial charge >= 0.3 is 0 Å². The Morgan fingerprint density at radius 2 is 0.901 bits per heavy atom. The Balaban J connectivity index is 4.39. The zero-order valence-electron chi connectivity index (χ0n) is 60.9. The summed E-state index contributed by atoms with van der Waals surface area (Å²) >= 11 is 0. The topological polar surface area (TPSA) is 263 Å². The minimum Gasteiger partial charge on any atom is -0.390 e. The van der Waals surface area contributed by atoms with Crippen LogP contribution in [0.25, 0.3) is 0 Å². The lowest BCUT2D eigenvalue weighted by Gasteiger charge is -2.42. The second-order valence-corrected chi connectivity index (χ2v) is 28.6. The average molecular weight is 1290 g/mol. The Morgan fingerprint density at radius 3 is 1.34 bits per heavy atom. The molecule has 91 heavy (non-hydrogen) atoms. The molecule has 22 nitrogen and oxygen atoms in total. The number of aliphatic hydroxyl groups is 1. The molecule has 522 valence electrons. The van der Waals surface area contributed by atoms with Crippen molar-refractivity contribution in [3.63, 3.8) is 0 Å². The van der Waals surface area contributed by atoms with Crippen molar-refractivity contribution < 1.29 is 62.6 Å². The monoisotopic (exact) mass is 1290 g/mol. The van der Waals surface area contributed by atoms with E-state index in [-0.39, 0.29) is 75.0 Å². The number of ketones is 3. The van der Waals surface area contributed by atoms with Crippen LogP contribution in [0.5, 0.6) is 0 Å². The second-order valence-electron chi connectivity index (χ2n) is 28.6. The van der Waals surface area contributed by atoms with Gasteiger partial charge in [0.1, 0.15) is 36.3 Å². The van der Waals surface area contributed by atoms with Gasteiger partial charge in [0.25, 0.3) is 0 Å². The molecule has 9 amide bonds. The van der Waals surface area contributed by atoms with Crippen LogP contribution in [0.15, 0.2) is 0 Å². The number of Topliss-reactive ketones (excluding diaryl/α,β-unsaturated/α-hetero) is 3. The number of amides is 9. The highest BCUT2D eigenvalue weighted by molar-refractivity contribution is 6.00. The fourth-order valence-electron chi connectivity index (χ4n) is 12.7. The summed E-state index contributed by atoms with van der Waals surface area (Å²) in [5.41, 5.74) is 0.